The lowest BCUT2D eigenvalue weighted by atomic mass is 9.97. The fraction of sp³-hybridized carbons (Fsp3) is 0.333. The number of para-hydroxylation sites is 1. The molecule has 0 bridgehead atoms. The average Bonchev–Trinajstić information content (AvgIpc) is 3.13. The second kappa shape index (κ2) is 8.04. The Morgan fingerprint density at radius 1 is 1.15 bits per heavy atom. The van der Waals surface area contributed by atoms with Gasteiger partial charge in [0.05, 0.1) is 13.5 Å². The summed E-state index contributed by atoms with van der Waals surface area (Å²) in [5, 5.41) is 2.73. The highest BCUT2D eigenvalue weighted by Gasteiger charge is 2.28. The number of ether oxygens (including phenoxy) is 1. The maximum absolute atomic E-state index is 12.6. The lowest BCUT2D eigenvalue weighted by Gasteiger charge is -2.18. The molecular formula is C21H24N2O3. The summed E-state index contributed by atoms with van der Waals surface area (Å²) in [4.78, 5) is 25.6. The second-order valence-electron chi connectivity index (χ2n) is 6.62. The predicted molar refractivity (Wildman–Crippen MR) is 101 cm³/mol. The first kappa shape index (κ1) is 18.0. The van der Waals surface area contributed by atoms with E-state index in [4.69, 9.17) is 4.74 Å². The van der Waals surface area contributed by atoms with Crippen molar-refractivity contribution < 1.29 is 14.3 Å². The van der Waals surface area contributed by atoms with Crippen LogP contribution in [0.3, 0.4) is 0 Å². The van der Waals surface area contributed by atoms with Crippen LogP contribution in [0.4, 0.5) is 5.69 Å². The van der Waals surface area contributed by atoms with Crippen molar-refractivity contribution in [1.29, 1.82) is 0 Å². The van der Waals surface area contributed by atoms with Gasteiger partial charge in [0.2, 0.25) is 11.8 Å². The number of rotatable bonds is 5. The van der Waals surface area contributed by atoms with Gasteiger partial charge in [-0.25, -0.2) is 0 Å². The van der Waals surface area contributed by atoms with E-state index in [1.54, 1.807) is 7.11 Å². The SMILES string of the molecule is COc1ccccc1[C@H]1CCN(C(=O)Cc2ccc(NC(C)=O)cc2)C1. The molecule has 0 aliphatic carbocycles. The normalized spacial score (nSPS) is 16.4. The topological polar surface area (TPSA) is 58.6 Å². The molecule has 26 heavy (non-hydrogen) atoms. The molecule has 0 aromatic heterocycles. The first-order chi connectivity index (χ1) is 12.6. The van der Waals surface area contributed by atoms with Crippen molar-refractivity contribution in [3.63, 3.8) is 0 Å². The second-order valence-corrected chi connectivity index (χ2v) is 6.62. The van der Waals surface area contributed by atoms with E-state index in [1.807, 2.05) is 47.4 Å². The van der Waals surface area contributed by atoms with E-state index in [2.05, 4.69) is 11.4 Å². The van der Waals surface area contributed by atoms with Gasteiger partial charge in [-0.2, -0.15) is 0 Å². The Kier molecular flexibility index (Phi) is 5.56. The van der Waals surface area contributed by atoms with Crippen LogP contribution < -0.4 is 10.1 Å². The number of carbonyl (C=O) groups is 2. The van der Waals surface area contributed by atoms with Crippen molar-refractivity contribution >= 4 is 17.5 Å². The van der Waals surface area contributed by atoms with E-state index in [1.165, 1.54) is 12.5 Å². The summed E-state index contributed by atoms with van der Waals surface area (Å²) in [6.07, 6.45) is 1.33. The van der Waals surface area contributed by atoms with E-state index >= 15 is 0 Å². The van der Waals surface area contributed by atoms with Gasteiger partial charge in [-0.3, -0.25) is 9.59 Å². The molecule has 2 aromatic rings. The number of nitrogens with zero attached hydrogens (tertiary/aromatic N) is 1. The van der Waals surface area contributed by atoms with Gasteiger partial charge in [0.1, 0.15) is 5.75 Å². The number of benzene rings is 2. The van der Waals surface area contributed by atoms with E-state index in [0.29, 0.717) is 12.3 Å². The highest BCUT2D eigenvalue weighted by Crippen LogP contribution is 2.33. The molecule has 1 saturated heterocycles. The molecule has 1 fully saturated rings. The molecule has 5 heteroatoms. The summed E-state index contributed by atoms with van der Waals surface area (Å²) in [7, 11) is 1.68. The quantitative estimate of drug-likeness (QED) is 0.899. The average molecular weight is 352 g/mol. The van der Waals surface area contributed by atoms with Crippen molar-refractivity contribution in [3.8, 4) is 5.75 Å². The van der Waals surface area contributed by atoms with Crippen LogP contribution in [0.5, 0.6) is 5.75 Å². The molecule has 0 spiro atoms. The number of carbonyl (C=O) groups excluding carboxylic acids is 2. The van der Waals surface area contributed by atoms with Gasteiger partial charge in [-0.1, -0.05) is 30.3 Å². The lowest BCUT2D eigenvalue weighted by molar-refractivity contribution is -0.129. The molecule has 1 heterocycles. The molecule has 1 aliphatic heterocycles. The molecule has 3 rings (SSSR count). The molecule has 1 N–H and O–H groups in total. The van der Waals surface area contributed by atoms with Crippen molar-refractivity contribution in [1.82, 2.24) is 4.90 Å². The Labute approximate surface area is 154 Å². The van der Waals surface area contributed by atoms with Crippen LogP contribution in [0.25, 0.3) is 0 Å². The fourth-order valence-corrected chi connectivity index (χ4v) is 3.44. The Morgan fingerprint density at radius 3 is 2.58 bits per heavy atom. The van der Waals surface area contributed by atoms with Crippen LogP contribution in [-0.4, -0.2) is 36.9 Å². The first-order valence-corrected chi connectivity index (χ1v) is 8.84. The zero-order chi connectivity index (χ0) is 18.5. The maximum Gasteiger partial charge on any atom is 0.227 e. The number of methoxy groups -OCH3 is 1. The summed E-state index contributed by atoms with van der Waals surface area (Å²) in [6, 6.07) is 15.4. The molecule has 2 aromatic carbocycles. The molecule has 0 radical (unpaired) electrons. The Bertz CT molecular complexity index is 786. The number of hydrogen-bond acceptors (Lipinski definition) is 3. The van der Waals surface area contributed by atoms with Crippen molar-refractivity contribution in [2.45, 2.75) is 25.7 Å². The largest absolute Gasteiger partial charge is 0.496 e. The molecule has 1 atom stereocenters. The van der Waals surface area contributed by atoms with E-state index < -0.39 is 0 Å². The highest BCUT2D eigenvalue weighted by atomic mass is 16.5. The number of anilines is 1. The maximum atomic E-state index is 12.6. The zero-order valence-electron chi connectivity index (χ0n) is 15.2. The molecule has 0 saturated carbocycles. The van der Waals surface area contributed by atoms with E-state index in [-0.39, 0.29) is 11.8 Å². The van der Waals surface area contributed by atoms with Crippen LogP contribution in [0.15, 0.2) is 48.5 Å². The third-order valence-corrected chi connectivity index (χ3v) is 4.75. The molecule has 0 unspecified atom stereocenters. The van der Waals surface area contributed by atoms with Crippen LogP contribution in [-0.2, 0) is 16.0 Å². The van der Waals surface area contributed by atoms with Crippen LogP contribution in [0.1, 0.15) is 30.4 Å². The zero-order valence-corrected chi connectivity index (χ0v) is 15.2. The lowest BCUT2D eigenvalue weighted by Crippen LogP contribution is -2.29. The van der Waals surface area contributed by atoms with Crippen LogP contribution >= 0.6 is 0 Å². The van der Waals surface area contributed by atoms with Crippen molar-refractivity contribution in [2.24, 2.45) is 0 Å². The van der Waals surface area contributed by atoms with Gasteiger partial charge >= 0.3 is 0 Å². The number of amides is 2. The number of hydrogen-bond donors (Lipinski definition) is 1. The minimum atomic E-state index is -0.103. The number of nitrogens with one attached hydrogen (secondary N) is 1. The summed E-state index contributed by atoms with van der Waals surface area (Å²) in [6.45, 7) is 2.97. The van der Waals surface area contributed by atoms with Crippen LogP contribution in [0.2, 0.25) is 0 Å². The van der Waals surface area contributed by atoms with Gasteiger partial charge in [0.25, 0.3) is 0 Å². The van der Waals surface area contributed by atoms with E-state index in [9.17, 15) is 9.59 Å². The van der Waals surface area contributed by atoms with Crippen molar-refractivity contribution in [2.75, 3.05) is 25.5 Å². The fourth-order valence-electron chi connectivity index (χ4n) is 3.44. The monoisotopic (exact) mass is 352 g/mol. The Morgan fingerprint density at radius 2 is 1.88 bits per heavy atom. The summed E-state index contributed by atoms with van der Waals surface area (Å²) in [5.41, 5.74) is 2.86. The van der Waals surface area contributed by atoms with Gasteiger partial charge in [-0.15, -0.1) is 0 Å². The Balaban J connectivity index is 1.60. The van der Waals surface area contributed by atoms with E-state index in [0.717, 1.165) is 36.5 Å². The van der Waals surface area contributed by atoms with Gasteiger partial charge < -0.3 is 15.0 Å². The molecule has 5 nitrogen and oxygen atoms in total. The van der Waals surface area contributed by atoms with Crippen LogP contribution in [0, 0.1) is 0 Å². The van der Waals surface area contributed by atoms with Gasteiger partial charge in [0, 0.05) is 31.6 Å². The smallest absolute Gasteiger partial charge is 0.227 e. The van der Waals surface area contributed by atoms with Gasteiger partial charge in [0.15, 0.2) is 0 Å². The molecule has 136 valence electrons. The highest BCUT2D eigenvalue weighted by molar-refractivity contribution is 5.88. The van der Waals surface area contributed by atoms with Crippen molar-refractivity contribution in [3.05, 3.63) is 59.7 Å². The molecular weight excluding hydrogens is 328 g/mol. The third kappa shape index (κ3) is 4.23. The first-order valence-electron chi connectivity index (χ1n) is 8.84. The van der Waals surface area contributed by atoms with Gasteiger partial charge in [-0.05, 0) is 35.7 Å². The predicted octanol–water partition coefficient (Wildman–Crippen LogP) is 3.21. The third-order valence-electron chi connectivity index (χ3n) is 4.75. The summed E-state index contributed by atoms with van der Waals surface area (Å²) >= 11 is 0. The summed E-state index contributed by atoms with van der Waals surface area (Å²) < 4.78 is 5.45. The number of likely N-dealkylation sites (tertiary alicyclic amines) is 1. The molecule has 1 aliphatic rings. The Hall–Kier alpha value is -2.82. The minimum absolute atomic E-state index is 0.103. The standard InChI is InChI=1S/C21H24N2O3/c1-15(24)22-18-9-7-16(8-10-18)13-21(25)23-12-11-17(14-23)19-5-3-4-6-20(19)26-2/h3-10,17H,11-14H2,1-2H3,(H,22,24)/t17-/m0/s1. The summed E-state index contributed by atoms with van der Waals surface area (Å²) in [5.74, 6) is 1.24. The molecule has 2 amide bonds. The minimum Gasteiger partial charge on any atom is -0.496 e.